The molecule has 1 unspecified atom stereocenters. The van der Waals surface area contributed by atoms with E-state index in [1.165, 1.54) is 0 Å². The fraction of sp³-hybridized carbons (Fsp3) is 0.174. The minimum absolute atomic E-state index is 0.00999. The van der Waals surface area contributed by atoms with Gasteiger partial charge in [0.1, 0.15) is 6.10 Å². The Morgan fingerprint density at radius 2 is 1.72 bits per heavy atom. The van der Waals surface area contributed by atoms with E-state index < -0.39 is 5.91 Å². The van der Waals surface area contributed by atoms with Crippen LogP contribution in [0.4, 0.5) is 0 Å². The van der Waals surface area contributed by atoms with Crippen LogP contribution in [0.5, 0.6) is 0 Å². The Kier molecular flexibility index (Phi) is 5.35. The number of carbonyl (C=O) groups excluding carboxylic acids is 2. The molecule has 1 atom stereocenters. The van der Waals surface area contributed by atoms with Gasteiger partial charge in [0.15, 0.2) is 0 Å². The molecular weight excluding hydrogens is 366 g/mol. The first-order valence-electron chi connectivity index (χ1n) is 9.45. The maximum absolute atomic E-state index is 12.8. The van der Waals surface area contributed by atoms with Crippen molar-refractivity contribution in [2.24, 2.45) is 5.73 Å². The first-order chi connectivity index (χ1) is 14.1. The molecule has 4 rings (SSSR count). The standard InChI is InChI=1S/C23H21N3O3/c24-22(27)18-9-4-8-17(14-18)19-10-5-11-20(25-19)21-15-26(12-13-29-21)23(28)16-6-2-1-3-7-16/h1-11,14,21H,12-13,15H2,(H2,24,27). The quantitative estimate of drug-likeness (QED) is 0.746. The molecule has 0 spiro atoms. The Morgan fingerprint density at radius 1 is 0.966 bits per heavy atom. The van der Waals surface area contributed by atoms with Gasteiger partial charge in [0.2, 0.25) is 5.91 Å². The van der Waals surface area contributed by atoms with Crippen molar-refractivity contribution in [3.63, 3.8) is 0 Å². The van der Waals surface area contributed by atoms with Gasteiger partial charge in [-0.3, -0.25) is 9.59 Å². The number of amides is 2. The fourth-order valence-electron chi connectivity index (χ4n) is 3.40. The van der Waals surface area contributed by atoms with Crippen LogP contribution in [0.2, 0.25) is 0 Å². The second-order valence-corrected chi connectivity index (χ2v) is 6.87. The highest BCUT2D eigenvalue weighted by Crippen LogP contribution is 2.25. The number of aromatic nitrogens is 1. The molecule has 6 nitrogen and oxygen atoms in total. The van der Waals surface area contributed by atoms with Gasteiger partial charge in [0, 0.05) is 23.2 Å². The predicted octanol–water partition coefficient (Wildman–Crippen LogP) is 3.06. The van der Waals surface area contributed by atoms with E-state index in [4.69, 9.17) is 15.5 Å². The highest BCUT2D eigenvalue weighted by atomic mass is 16.5. The van der Waals surface area contributed by atoms with Crippen LogP contribution in [-0.2, 0) is 4.74 Å². The molecule has 2 amide bonds. The topological polar surface area (TPSA) is 85.5 Å². The zero-order chi connectivity index (χ0) is 20.2. The zero-order valence-corrected chi connectivity index (χ0v) is 15.8. The third-order valence-electron chi connectivity index (χ3n) is 4.92. The summed E-state index contributed by atoms with van der Waals surface area (Å²) < 4.78 is 5.90. The van der Waals surface area contributed by atoms with E-state index in [0.717, 1.165) is 17.0 Å². The lowest BCUT2D eigenvalue weighted by atomic mass is 10.1. The molecule has 2 heterocycles. The number of pyridine rings is 1. The summed E-state index contributed by atoms with van der Waals surface area (Å²) in [6.07, 6.45) is -0.310. The molecule has 1 fully saturated rings. The Balaban J connectivity index is 1.56. The fourth-order valence-corrected chi connectivity index (χ4v) is 3.40. The van der Waals surface area contributed by atoms with E-state index in [0.29, 0.717) is 30.8 Å². The van der Waals surface area contributed by atoms with Crippen LogP contribution < -0.4 is 5.73 Å². The number of nitrogens with two attached hydrogens (primary N) is 1. The highest BCUT2D eigenvalue weighted by molar-refractivity contribution is 5.94. The number of hydrogen-bond acceptors (Lipinski definition) is 4. The van der Waals surface area contributed by atoms with Crippen LogP contribution in [0.15, 0.2) is 72.8 Å². The third kappa shape index (κ3) is 4.17. The largest absolute Gasteiger partial charge is 0.368 e. The van der Waals surface area contributed by atoms with E-state index in [-0.39, 0.29) is 12.0 Å². The van der Waals surface area contributed by atoms with Gasteiger partial charge in [-0.25, -0.2) is 4.98 Å². The summed E-state index contributed by atoms with van der Waals surface area (Å²) >= 11 is 0. The molecule has 2 N–H and O–H groups in total. The number of hydrogen-bond donors (Lipinski definition) is 1. The number of benzene rings is 2. The van der Waals surface area contributed by atoms with Gasteiger partial charge in [-0.2, -0.15) is 0 Å². The molecule has 1 aliphatic heterocycles. The summed E-state index contributed by atoms with van der Waals surface area (Å²) in [7, 11) is 0. The van der Waals surface area contributed by atoms with Crippen LogP contribution >= 0.6 is 0 Å². The molecule has 6 heteroatoms. The molecule has 0 aliphatic carbocycles. The molecule has 1 saturated heterocycles. The molecule has 0 bridgehead atoms. The highest BCUT2D eigenvalue weighted by Gasteiger charge is 2.27. The molecule has 1 aromatic heterocycles. The maximum atomic E-state index is 12.8. The van der Waals surface area contributed by atoms with E-state index in [9.17, 15) is 9.59 Å². The summed E-state index contributed by atoms with van der Waals surface area (Å²) in [5.41, 5.74) is 8.75. The molecule has 29 heavy (non-hydrogen) atoms. The van der Waals surface area contributed by atoms with Crippen molar-refractivity contribution in [1.29, 1.82) is 0 Å². The average molecular weight is 387 g/mol. The third-order valence-corrected chi connectivity index (χ3v) is 4.92. The summed E-state index contributed by atoms with van der Waals surface area (Å²) in [6.45, 7) is 1.43. The summed E-state index contributed by atoms with van der Waals surface area (Å²) in [6, 6.07) is 22.0. The van der Waals surface area contributed by atoms with E-state index >= 15 is 0 Å². The Labute approximate surface area is 168 Å². The van der Waals surface area contributed by atoms with E-state index in [1.807, 2.05) is 54.6 Å². The van der Waals surface area contributed by atoms with Crippen molar-refractivity contribution >= 4 is 11.8 Å². The zero-order valence-electron chi connectivity index (χ0n) is 15.8. The minimum Gasteiger partial charge on any atom is -0.368 e. The molecule has 2 aromatic carbocycles. The molecule has 146 valence electrons. The monoisotopic (exact) mass is 387 g/mol. The number of carbonyl (C=O) groups is 2. The lowest BCUT2D eigenvalue weighted by molar-refractivity contribution is -0.0246. The summed E-state index contributed by atoms with van der Waals surface area (Å²) in [5, 5.41) is 0. The number of ether oxygens (including phenoxy) is 1. The molecular formula is C23H21N3O3. The second-order valence-electron chi connectivity index (χ2n) is 6.87. The Hall–Kier alpha value is -3.51. The number of morpholine rings is 1. The second kappa shape index (κ2) is 8.24. The molecule has 1 aliphatic rings. The van der Waals surface area contributed by atoms with Crippen molar-refractivity contribution < 1.29 is 14.3 Å². The van der Waals surface area contributed by atoms with Gasteiger partial charge in [-0.05, 0) is 36.4 Å². The van der Waals surface area contributed by atoms with Gasteiger partial charge < -0.3 is 15.4 Å². The Morgan fingerprint density at radius 3 is 2.52 bits per heavy atom. The van der Waals surface area contributed by atoms with Crippen LogP contribution in [0.1, 0.15) is 32.5 Å². The van der Waals surface area contributed by atoms with Gasteiger partial charge in [0.25, 0.3) is 5.91 Å². The first kappa shape index (κ1) is 18.8. The predicted molar refractivity (Wildman–Crippen MR) is 109 cm³/mol. The van der Waals surface area contributed by atoms with Crippen molar-refractivity contribution in [1.82, 2.24) is 9.88 Å². The van der Waals surface area contributed by atoms with Crippen LogP contribution in [0.3, 0.4) is 0 Å². The van der Waals surface area contributed by atoms with Crippen LogP contribution in [0.25, 0.3) is 11.3 Å². The van der Waals surface area contributed by atoms with Crippen molar-refractivity contribution in [2.75, 3.05) is 19.7 Å². The number of rotatable bonds is 4. The SMILES string of the molecule is NC(=O)c1cccc(-c2cccc(C3CN(C(=O)c4ccccc4)CCO3)n2)c1. The first-order valence-corrected chi connectivity index (χ1v) is 9.45. The van der Waals surface area contributed by atoms with Gasteiger partial charge in [-0.15, -0.1) is 0 Å². The van der Waals surface area contributed by atoms with Crippen LogP contribution in [0, 0.1) is 0 Å². The van der Waals surface area contributed by atoms with Gasteiger partial charge in [-0.1, -0.05) is 36.4 Å². The Bertz CT molecular complexity index is 1040. The molecule has 0 radical (unpaired) electrons. The van der Waals surface area contributed by atoms with E-state index in [1.54, 1.807) is 23.1 Å². The minimum atomic E-state index is -0.478. The van der Waals surface area contributed by atoms with E-state index in [2.05, 4.69) is 0 Å². The summed E-state index contributed by atoms with van der Waals surface area (Å²) in [5.74, 6) is -0.488. The number of primary amides is 1. The summed E-state index contributed by atoms with van der Waals surface area (Å²) in [4.78, 5) is 30.7. The molecule has 3 aromatic rings. The number of nitrogens with zero attached hydrogens (tertiary/aromatic N) is 2. The van der Waals surface area contributed by atoms with Crippen LogP contribution in [-0.4, -0.2) is 41.4 Å². The maximum Gasteiger partial charge on any atom is 0.254 e. The smallest absolute Gasteiger partial charge is 0.254 e. The molecule has 0 saturated carbocycles. The lowest BCUT2D eigenvalue weighted by Gasteiger charge is -2.33. The van der Waals surface area contributed by atoms with Gasteiger partial charge >= 0.3 is 0 Å². The lowest BCUT2D eigenvalue weighted by Crippen LogP contribution is -2.42. The normalized spacial score (nSPS) is 16.4. The van der Waals surface area contributed by atoms with Gasteiger partial charge in [0.05, 0.1) is 24.5 Å². The van der Waals surface area contributed by atoms with Crippen molar-refractivity contribution in [2.45, 2.75) is 6.10 Å². The van der Waals surface area contributed by atoms with Crippen molar-refractivity contribution in [3.8, 4) is 11.3 Å². The average Bonchev–Trinajstić information content (AvgIpc) is 2.79. The van der Waals surface area contributed by atoms with Crippen molar-refractivity contribution in [3.05, 3.63) is 89.6 Å².